The molecule has 0 aliphatic carbocycles. The van der Waals surface area contributed by atoms with Crippen molar-refractivity contribution in [1.29, 1.82) is 0 Å². The molecule has 8 heteroatoms. The summed E-state index contributed by atoms with van der Waals surface area (Å²) in [5.74, 6) is -1.29. The van der Waals surface area contributed by atoms with Crippen molar-refractivity contribution in [2.24, 2.45) is 0 Å². The smallest absolute Gasteiger partial charge is 0.339 e. The molecule has 2 rings (SSSR count). The summed E-state index contributed by atoms with van der Waals surface area (Å²) in [6.07, 6.45) is 0. The highest BCUT2D eigenvalue weighted by atomic mass is 32.1. The monoisotopic (exact) mass is 307 g/mol. The van der Waals surface area contributed by atoms with Gasteiger partial charge in [0, 0.05) is 11.8 Å². The Morgan fingerprint density at radius 2 is 2.14 bits per heavy atom. The van der Waals surface area contributed by atoms with E-state index in [-0.39, 0.29) is 17.2 Å². The molecular weight excluding hydrogens is 294 g/mol. The van der Waals surface area contributed by atoms with E-state index >= 15 is 0 Å². The number of hydrogen-bond acceptors (Lipinski definition) is 6. The van der Waals surface area contributed by atoms with E-state index in [2.05, 4.69) is 10.3 Å². The van der Waals surface area contributed by atoms with Gasteiger partial charge in [-0.25, -0.2) is 9.78 Å². The van der Waals surface area contributed by atoms with Crippen molar-refractivity contribution in [3.05, 3.63) is 34.3 Å². The van der Waals surface area contributed by atoms with Crippen molar-refractivity contribution in [2.75, 3.05) is 18.2 Å². The number of anilines is 2. The fraction of sp³-hybridized carbons (Fsp3) is 0.154. The topological polar surface area (TPSA) is 115 Å². The number of hydrogen-bond donors (Lipinski definition) is 3. The standard InChI is InChI=1S/C13H13N3O4S/c1-6-10(21-13(14)15-6)11(17)16-7-3-4-8(12(18)19)9(5-7)20-2/h3-5H,1-2H3,(H2,14,15)(H,16,17)(H,18,19). The zero-order chi connectivity index (χ0) is 15.6. The fourth-order valence-corrected chi connectivity index (χ4v) is 2.49. The van der Waals surface area contributed by atoms with Gasteiger partial charge in [-0.2, -0.15) is 0 Å². The first-order valence-corrected chi connectivity index (χ1v) is 6.69. The lowest BCUT2D eigenvalue weighted by molar-refractivity contribution is 0.0693. The van der Waals surface area contributed by atoms with Crippen molar-refractivity contribution in [1.82, 2.24) is 4.98 Å². The molecule has 110 valence electrons. The van der Waals surface area contributed by atoms with E-state index in [0.29, 0.717) is 21.4 Å². The number of carbonyl (C=O) groups excluding carboxylic acids is 1. The van der Waals surface area contributed by atoms with Gasteiger partial charge in [0.2, 0.25) is 0 Å². The molecule has 0 atom stereocenters. The quantitative estimate of drug-likeness (QED) is 0.795. The van der Waals surface area contributed by atoms with Crippen molar-refractivity contribution < 1.29 is 19.4 Å². The van der Waals surface area contributed by atoms with Gasteiger partial charge in [-0.15, -0.1) is 0 Å². The number of methoxy groups -OCH3 is 1. The lowest BCUT2D eigenvalue weighted by Crippen LogP contribution is -2.12. The zero-order valence-electron chi connectivity index (χ0n) is 11.3. The van der Waals surface area contributed by atoms with Gasteiger partial charge in [-0.05, 0) is 19.1 Å². The average Bonchev–Trinajstić information content (AvgIpc) is 2.77. The molecule has 0 saturated heterocycles. The molecule has 1 amide bonds. The minimum atomic E-state index is -1.10. The molecular formula is C13H13N3O4S. The van der Waals surface area contributed by atoms with Gasteiger partial charge in [-0.3, -0.25) is 4.79 Å². The summed E-state index contributed by atoms with van der Waals surface area (Å²) in [4.78, 5) is 27.5. The van der Waals surface area contributed by atoms with Crippen molar-refractivity contribution in [3.8, 4) is 5.75 Å². The van der Waals surface area contributed by atoms with Crippen LogP contribution in [0.25, 0.3) is 0 Å². The van der Waals surface area contributed by atoms with Gasteiger partial charge in [0.1, 0.15) is 16.2 Å². The first-order chi connectivity index (χ1) is 9.92. The molecule has 0 aliphatic heterocycles. The predicted octanol–water partition coefficient (Wildman–Crippen LogP) is 1.99. The van der Waals surface area contributed by atoms with Crippen molar-refractivity contribution in [3.63, 3.8) is 0 Å². The van der Waals surface area contributed by atoms with Gasteiger partial charge in [-0.1, -0.05) is 11.3 Å². The highest BCUT2D eigenvalue weighted by Gasteiger charge is 2.16. The second-order valence-corrected chi connectivity index (χ2v) is 5.17. The summed E-state index contributed by atoms with van der Waals surface area (Å²) in [7, 11) is 1.36. The number of benzene rings is 1. The Morgan fingerprint density at radius 3 is 2.67 bits per heavy atom. The van der Waals surface area contributed by atoms with Crippen LogP contribution in [0.4, 0.5) is 10.8 Å². The predicted molar refractivity (Wildman–Crippen MR) is 79.2 cm³/mol. The molecule has 0 saturated carbocycles. The van der Waals surface area contributed by atoms with Crippen LogP contribution in [0.15, 0.2) is 18.2 Å². The molecule has 21 heavy (non-hydrogen) atoms. The highest BCUT2D eigenvalue weighted by Crippen LogP contribution is 2.25. The van der Waals surface area contributed by atoms with Crippen molar-refractivity contribution in [2.45, 2.75) is 6.92 Å². The first-order valence-electron chi connectivity index (χ1n) is 5.88. The molecule has 1 aromatic carbocycles. The van der Waals surface area contributed by atoms with E-state index < -0.39 is 5.97 Å². The number of aromatic nitrogens is 1. The molecule has 2 aromatic rings. The van der Waals surface area contributed by atoms with Crippen LogP contribution >= 0.6 is 11.3 Å². The summed E-state index contributed by atoms with van der Waals surface area (Å²) in [5.41, 5.74) is 6.54. The van der Waals surface area contributed by atoms with Crippen LogP contribution in [0.3, 0.4) is 0 Å². The molecule has 0 bridgehead atoms. The number of aryl methyl sites for hydroxylation is 1. The number of amides is 1. The third-order valence-corrected chi connectivity index (χ3v) is 3.69. The third-order valence-electron chi connectivity index (χ3n) is 2.71. The second kappa shape index (κ2) is 5.80. The second-order valence-electron chi connectivity index (χ2n) is 4.14. The van der Waals surface area contributed by atoms with Crippen LogP contribution < -0.4 is 15.8 Å². The number of nitrogens with one attached hydrogen (secondary N) is 1. The number of aromatic carboxylic acids is 1. The average molecular weight is 307 g/mol. The van der Waals surface area contributed by atoms with E-state index in [1.54, 1.807) is 6.92 Å². The highest BCUT2D eigenvalue weighted by molar-refractivity contribution is 7.17. The first kappa shape index (κ1) is 14.8. The maximum Gasteiger partial charge on any atom is 0.339 e. The number of nitrogens with two attached hydrogens (primary N) is 1. The van der Waals surface area contributed by atoms with E-state index in [1.165, 1.54) is 25.3 Å². The maximum absolute atomic E-state index is 12.1. The van der Waals surface area contributed by atoms with Crippen LogP contribution in [0.2, 0.25) is 0 Å². The van der Waals surface area contributed by atoms with E-state index in [9.17, 15) is 9.59 Å². The number of carbonyl (C=O) groups is 2. The molecule has 1 aromatic heterocycles. The minimum absolute atomic E-state index is 0.0220. The Hall–Kier alpha value is -2.61. The summed E-state index contributed by atoms with van der Waals surface area (Å²) in [6, 6.07) is 4.30. The SMILES string of the molecule is COc1cc(NC(=O)c2sc(N)nc2C)ccc1C(=O)O. The molecule has 0 fully saturated rings. The van der Waals surface area contributed by atoms with E-state index in [4.69, 9.17) is 15.6 Å². The van der Waals surface area contributed by atoms with Crippen molar-refractivity contribution >= 4 is 34.0 Å². The molecule has 1 heterocycles. The molecule has 0 radical (unpaired) electrons. The third kappa shape index (κ3) is 3.11. The van der Waals surface area contributed by atoms with E-state index in [1.807, 2.05) is 0 Å². The largest absolute Gasteiger partial charge is 0.496 e. The van der Waals surface area contributed by atoms with Crippen LogP contribution in [-0.4, -0.2) is 29.1 Å². The number of ether oxygens (including phenoxy) is 1. The normalized spacial score (nSPS) is 10.2. The summed E-state index contributed by atoms with van der Waals surface area (Å²) >= 11 is 1.09. The molecule has 0 aliphatic rings. The lowest BCUT2D eigenvalue weighted by Gasteiger charge is -2.09. The van der Waals surface area contributed by atoms with Gasteiger partial charge in [0.15, 0.2) is 5.13 Å². The minimum Gasteiger partial charge on any atom is -0.496 e. The summed E-state index contributed by atoms with van der Waals surface area (Å²) in [5, 5.41) is 12.0. The number of nitrogen functional groups attached to an aromatic ring is 1. The van der Waals surface area contributed by atoms with Gasteiger partial charge in [0.05, 0.1) is 12.8 Å². The summed E-state index contributed by atoms with van der Waals surface area (Å²) in [6.45, 7) is 1.69. The van der Waals surface area contributed by atoms with E-state index in [0.717, 1.165) is 11.3 Å². The molecule has 4 N–H and O–H groups in total. The lowest BCUT2D eigenvalue weighted by atomic mass is 10.2. The zero-order valence-corrected chi connectivity index (χ0v) is 12.2. The Labute approximate surface area is 124 Å². The number of carboxylic acid groups (broad SMARTS) is 1. The van der Waals surface area contributed by atoms with Crippen LogP contribution in [0.5, 0.6) is 5.75 Å². The Bertz CT molecular complexity index is 711. The number of nitrogens with zero attached hydrogens (tertiary/aromatic N) is 1. The fourth-order valence-electron chi connectivity index (χ4n) is 1.76. The Balaban J connectivity index is 2.26. The number of rotatable bonds is 4. The number of thiazole rings is 1. The molecule has 7 nitrogen and oxygen atoms in total. The van der Waals surface area contributed by atoms with Gasteiger partial charge in [0.25, 0.3) is 5.91 Å². The number of carboxylic acids is 1. The Kier molecular flexibility index (Phi) is 4.08. The van der Waals surface area contributed by atoms with Crippen LogP contribution in [0, 0.1) is 6.92 Å². The van der Waals surface area contributed by atoms with Gasteiger partial charge < -0.3 is 20.9 Å². The molecule has 0 unspecified atom stereocenters. The van der Waals surface area contributed by atoms with Gasteiger partial charge >= 0.3 is 5.97 Å². The molecule has 0 spiro atoms. The van der Waals surface area contributed by atoms with Crippen LogP contribution in [-0.2, 0) is 0 Å². The van der Waals surface area contributed by atoms with Crippen LogP contribution in [0.1, 0.15) is 25.7 Å². The maximum atomic E-state index is 12.1. The Morgan fingerprint density at radius 1 is 1.43 bits per heavy atom. The summed E-state index contributed by atoms with van der Waals surface area (Å²) < 4.78 is 5.00.